The van der Waals surface area contributed by atoms with Crippen LogP contribution in [0.1, 0.15) is 15.2 Å². The first-order valence-corrected chi connectivity index (χ1v) is 6.23. The van der Waals surface area contributed by atoms with Crippen LogP contribution in [0.3, 0.4) is 0 Å². The molecule has 2 aromatic rings. The molecule has 0 unspecified atom stereocenters. The normalized spacial score (nSPS) is 10.1. The lowest BCUT2D eigenvalue weighted by atomic mass is 10.2. The lowest BCUT2D eigenvalue weighted by Crippen LogP contribution is -2.23. The zero-order valence-corrected chi connectivity index (χ0v) is 10.6. The van der Waals surface area contributed by atoms with E-state index in [-0.39, 0.29) is 11.5 Å². The number of halogens is 1. The van der Waals surface area contributed by atoms with Gasteiger partial charge in [0.25, 0.3) is 5.91 Å². The predicted molar refractivity (Wildman–Crippen MR) is 68.4 cm³/mol. The summed E-state index contributed by atoms with van der Waals surface area (Å²) in [6.45, 7) is 0.427. The second-order valence-corrected chi connectivity index (χ2v) is 4.64. The van der Waals surface area contributed by atoms with Crippen LogP contribution in [0.4, 0.5) is 4.39 Å². The van der Waals surface area contributed by atoms with E-state index in [4.69, 9.17) is 4.74 Å². The quantitative estimate of drug-likeness (QED) is 0.923. The number of rotatable bonds is 4. The zero-order chi connectivity index (χ0) is 13.0. The molecule has 0 radical (unpaired) electrons. The van der Waals surface area contributed by atoms with Gasteiger partial charge >= 0.3 is 0 Å². The fraction of sp³-hybridized carbons (Fsp3) is 0.154. The maximum Gasteiger partial charge on any atom is 0.255 e. The Morgan fingerprint density at radius 2 is 2.28 bits per heavy atom. The lowest BCUT2D eigenvalue weighted by Gasteiger charge is -2.08. The molecular weight excluding hydrogens is 253 g/mol. The Morgan fingerprint density at radius 3 is 2.94 bits per heavy atom. The van der Waals surface area contributed by atoms with E-state index < -0.39 is 5.82 Å². The summed E-state index contributed by atoms with van der Waals surface area (Å²) in [5, 5.41) is 4.66. The first kappa shape index (κ1) is 12.6. The van der Waals surface area contributed by atoms with E-state index in [0.717, 1.165) is 4.88 Å². The summed E-state index contributed by atoms with van der Waals surface area (Å²) in [5.74, 6) is -0.447. The monoisotopic (exact) mass is 265 g/mol. The van der Waals surface area contributed by atoms with Gasteiger partial charge in [-0.25, -0.2) is 4.39 Å². The Kier molecular flexibility index (Phi) is 3.94. The third-order valence-electron chi connectivity index (χ3n) is 2.41. The zero-order valence-electron chi connectivity index (χ0n) is 9.77. The van der Waals surface area contributed by atoms with Crippen LogP contribution in [-0.2, 0) is 6.54 Å². The second-order valence-electron chi connectivity index (χ2n) is 3.61. The van der Waals surface area contributed by atoms with Crippen LogP contribution in [0.5, 0.6) is 5.75 Å². The van der Waals surface area contributed by atoms with Crippen molar-refractivity contribution in [1.82, 2.24) is 5.32 Å². The van der Waals surface area contributed by atoms with Crippen LogP contribution in [0.25, 0.3) is 0 Å². The third kappa shape index (κ3) is 2.87. The minimum absolute atomic E-state index is 0.203. The molecule has 94 valence electrons. The van der Waals surface area contributed by atoms with Crippen molar-refractivity contribution in [2.24, 2.45) is 0 Å². The molecule has 0 spiro atoms. The highest BCUT2D eigenvalue weighted by atomic mass is 32.1. The largest absolute Gasteiger partial charge is 0.496 e. The molecule has 0 atom stereocenters. The van der Waals surface area contributed by atoms with Gasteiger partial charge in [-0.3, -0.25) is 4.79 Å². The predicted octanol–water partition coefficient (Wildman–Crippen LogP) is 2.83. The first-order chi connectivity index (χ1) is 8.70. The maximum atomic E-state index is 13.1. The summed E-state index contributed by atoms with van der Waals surface area (Å²) >= 11 is 1.55. The molecule has 1 heterocycles. The van der Waals surface area contributed by atoms with Crippen molar-refractivity contribution >= 4 is 17.2 Å². The maximum absolute atomic E-state index is 13.1. The van der Waals surface area contributed by atoms with E-state index in [9.17, 15) is 9.18 Å². The number of hydrogen-bond acceptors (Lipinski definition) is 3. The van der Waals surface area contributed by atoms with Crippen molar-refractivity contribution in [1.29, 1.82) is 0 Å². The molecule has 0 fully saturated rings. The molecule has 2 rings (SSSR count). The van der Waals surface area contributed by atoms with Crippen molar-refractivity contribution in [2.75, 3.05) is 7.11 Å². The molecule has 0 saturated carbocycles. The molecule has 18 heavy (non-hydrogen) atoms. The molecule has 0 aliphatic rings. The number of thiophene rings is 1. The van der Waals surface area contributed by atoms with E-state index in [1.807, 2.05) is 17.5 Å². The minimum atomic E-state index is -0.461. The Balaban J connectivity index is 2.10. The van der Waals surface area contributed by atoms with Gasteiger partial charge in [0.05, 0.1) is 19.2 Å². The summed E-state index contributed by atoms with van der Waals surface area (Å²) in [6.07, 6.45) is 0. The third-order valence-corrected chi connectivity index (χ3v) is 3.29. The summed E-state index contributed by atoms with van der Waals surface area (Å²) in [5.41, 5.74) is 0.203. The van der Waals surface area contributed by atoms with E-state index in [0.29, 0.717) is 12.3 Å². The Bertz CT molecular complexity index is 540. The molecule has 0 aliphatic heterocycles. The average molecular weight is 265 g/mol. The SMILES string of the molecule is COc1ccc(F)cc1C(=O)NCc1cccs1. The topological polar surface area (TPSA) is 38.3 Å². The van der Waals surface area contributed by atoms with Gasteiger partial charge in [0.2, 0.25) is 0 Å². The molecule has 0 saturated heterocycles. The van der Waals surface area contributed by atoms with E-state index >= 15 is 0 Å². The molecule has 1 aromatic carbocycles. The minimum Gasteiger partial charge on any atom is -0.496 e. The number of hydrogen-bond donors (Lipinski definition) is 1. The molecule has 1 aromatic heterocycles. The average Bonchev–Trinajstić information content (AvgIpc) is 2.89. The number of methoxy groups -OCH3 is 1. The van der Waals surface area contributed by atoms with Crippen molar-refractivity contribution < 1.29 is 13.9 Å². The van der Waals surface area contributed by atoms with Gasteiger partial charge in [0.1, 0.15) is 11.6 Å². The van der Waals surface area contributed by atoms with Crippen molar-refractivity contribution in [3.63, 3.8) is 0 Å². The number of nitrogens with one attached hydrogen (secondary N) is 1. The van der Waals surface area contributed by atoms with Gasteiger partial charge in [-0.05, 0) is 29.6 Å². The first-order valence-electron chi connectivity index (χ1n) is 5.35. The van der Waals surface area contributed by atoms with Crippen LogP contribution in [0.2, 0.25) is 0 Å². The van der Waals surface area contributed by atoms with Crippen molar-refractivity contribution in [3.8, 4) is 5.75 Å². The van der Waals surface area contributed by atoms with E-state index in [2.05, 4.69) is 5.32 Å². The van der Waals surface area contributed by atoms with Gasteiger partial charge in [0, 0.05) is 4.88 Å². The molecule has 1 N–H and O–H groups in total. The van der Waals surface area contributed by atoms with Crippen LogP contribution in [-0.4, -0.2) is 13.0 Å². The van der Waals surface area contributed by atoms with Crippen molar-refractivity contribution in [3.05, 3.63) is 52.0 Å². The molecule has 0 bridgehead atoms. The summed E-state index contributed by atoms with van der Waals surface area (Å²) < 4.78 is 18.2. The smallest absolute Gasteiger partial charge is 0.255 e. The molecule has 0 aliphatic carbocycles. The Morgan fingerprint density at radius 1 is 1.44 bits per heavy atom. The van der Waals surface area contributed by atoms with Gasteiger partial charge in [0.15, 0.2) is 0 Å². The highest BCUT2D eigenvalue weighted by Gasteiger charge is 2.13. The highest BCUT2D eigenvalue weighted by molar-refractivity contribution is 7.09. The molecule has 5 heteroatoms. The molecule has 3 nitrogen and oxygen atoms in total. The van der Waals surface area contributed by atoms with Crippen LogP contribution < -0.4 is 10.1 Å². The summed E-state index contributed by atoms with van der Waals surface area (Å²) in [7, 11) is 1.45. The van der Waals surface area contributed by atoms with E-state index in [1.165, 1.54) is 25.3 Å². The lowest BCUT2D eigenvalue weighted by molar-refractivity contribution is 0.0948. The van der Waals surface area contributed by atoms with Gasteiger partial charge in [-0.1, -0.05) is 6.07 Å². The summed E-state index contributed by atoms with van der Waals surface area (Å²) in [6, 6.07) is 7.70. The Labute approximate surface area is 108 Å². The van der Waals surface area contributed by atoms with Crippen LogP contribution in [0.15, 0.2) is 35.7 Å². The number of amides is 1. The van der Waals surface area contributed by atoms with Crippen molar-refractivity contribution in [2.45, 2.75) is 6.54 Å². The summed E-state index contributed by atoms with van der Waals surface area (Å²) in [4.78, 5) is 13.0. The fourth-order valence-corrected chi connectivity index (χ4v) is 2.18. The van der Waals surface area contributed by atoms with E-state index in [1.54, 1.807) is 11.3 Å². The number of carbonyl (C=O) groups excluding carboxylic acids is 1. The van der Waals surface area contributed by atoms with Crippen LogP contribution in [0, 0.1) is 5.82 Å². The highest BCUT2D eigenvalue weighted by Crippen LogP contribution is 2.19. The van der Waals surface area contributed by atoms with Gasteiger partial charge < -0.3 is 10.1 Å². The van der Waals surface area contributed by atoms with Gasteiger partial charge in [-0.2, -0.15) is 0 Å². The van der Waals surface area contributed by atoms with Gasteiger partial charge in [-0.15, -0.1) is 11.3 Å². The van der Waals surface area contributed by atoms with Crippen LogP contribution >= 0.6 is 11.3 Å². The standard InChI is InChI=1S/C13H12FNO2S/c1-17-12-5-4-9(14)7-11(12)13(16)15-8-10-3-2-6-18-10/h2-7H,8H2,1H3,(H,15,16). The number of benzene rings is 1. The molecule has 1 amide bonds. The number of ether oxygens (including phenoxy) is 1. The second kappa shape index (κ2) is 5.64. The molecular formula is C13H12FNO2S. The number of carbonyl (C=O) groups is 1. The Hall–Kier alpha value is -1.88. The fourth-order valence-electron chi connectivity index (χ4n) is 1.53.